The van der Waals surface area contributed by atoms with Gasteiger partial charge in [0.05, 0.1) is 17.8 Å². The van der Waals surface area contributed by atoms with Crippen LogP contribution in [-0.2, 0) is 15.0 Å². The zero-order valence-electron chi connectivity index (χ0n) is 16.6. The summed E-state index contributed by atoms with van der Waals surface area (Å²) in [5.74, 6) is -0.596. The van der Waals surface area contributed by atoms with Crippen molar-refractivity contribution in [3.05, 3.63) is 63.7 Å². The molecule has 0 bridgehead atoms. The number of aromatic nitrogens is 4. The topological polar surface area (TPSA) is 103 Å². The van der Waals surface area contributed by atoms with Gasteiger partial charge >= 0.3 is 0 Å². The Morgan fingerprint density at radius 3 is 2.81 bits per heavy atom. The molecule has 1 aliphatic heterocycles. The SMILES string of the molecule is CO[C@@H]1[C@H](S)O[C@@H](CO)[C@@H](O)[C@@]1(c1cncc(Br)c1)n1cc(-c2ccc(Cl)c(F)c2)nn1. The molecule has 1 saturated heterocycles. The van der Waals surface area contributed by atoms with Crippen LogP contribution in [0.15, 0.2) is 47.3 Å². The van der Waals surface area contributed by atoms with Gasteiger partial charge in [0.1, 0.15) is 40.8 Å². The van der Waals surface area contributed by atoms with E-state index >= 15 is 0 Å². The van der Waals surface area contributed by atoms with E-state index in [0.29, 0.717) is 21.3 Å². The number of pyridine rings is 1. The van der Waals surface area contributed by atoms with Crippen molar-refractivity contribution in [3.63, 3.8) is 0 Å². The number of aliphatic hydroxyl groups excluding tert-OH is 2. The third-order valence-electron chi connectivity index (χ3n) is 5.50. The molecule has 0 amide bonds. The molecule has 5 atom stereocenters. The van der Waals surface area contributed by atoms with Crippen molar-refractivity contribution in [2.24, 2.45) is 0 Å². The van der Waals surface area contributed by atoms with E-state index in [9.17, 15) is 14.6 Å². The van der Waals surface area contributed by atoms with Gasteiger partial charge in [-0.25, -0.2) is 9.07 Å². The summed E-state index contributed by atoms with van der Waals surface area (Å²) in [6.07, 6.45) is 1.52. The molecule has 8 nitrogen and oxygen atoms in total. The van der Waals surface area contributed by atoms with Gasteiger partial charge in [0.15, 0.2) is 0 Å². The van der Waals surface area contributed by atoms with Crippen LogP contribution in [0.3, 0.4) is 0 Å². The maximum absolute atomic E-state index is 14.0. The Kier molecular flexibility index (Phi) is 6.87. The van der Waals surface area contributed by atoms with Crippen LogP contribution in [-0.4, -0.2) is 67.7 Å². The third kappa shape index (κ3) is 3.85. The molecular formula is C20H19BrClFN4O4S. The summed E-state index contributed by atoms with van der Waals surface area (Å²) in [6, 6.07) is 6.03. The van der Waals surface area contributed by atoms with Gasteiger partial charge in [0, 0.05) is 35.1 Å². The summed E-state index contributed by atoms with van der Waals surface area (Å²) < 4.78 is 27.5. The van der Waals surface area contributed by atoms with Crippen molar-refractivity contribution in [1.29, 1.82) is 0 Å². The monoisotopic (exact) mass is 544 g/mol. The van der Waals surface area contributed by atoms with Crippen LogP contribution >= 0.6 is 40.2 Å². The molecular weight excluding hydrogens is 527 g/mol. The quantitative estimate of drug-likeness (QED) is 0.424. The Hall–Kier alpha value is -1.60. The molecule has 1 fully saturated rings. The molecule has 0 radical (unpaired) electrons. The van der Waals surface area contributed by atoms with Gasteiger partial charge in [-0.15, -0.1) is 17.7 Å². The first-order chi connectivity index (χ1) is 15.3. The summed E-state index contributed by atoms with van der Waals surface area (Å²) in [4.78, 5) is 4.23. The molecule has 4 rings (SSSR count). The predicted octanol–water partition coefficient (Wildman–Crippen LogP) is 2.66. The molecule has 0 unspecified atom stereocenters. The average molecular weight is 546 g/mol. The van der Waals surface area contributed by atoms with E-state index in [0.717, 1.165) is 0 Å². The third-order valence-corrected chi connectivity index (χ3v) is 6.63. The fourth-order valence-electron chi connectivity index (χ4n) is 4.03. The van der Waals surface area contributed by atoms with Crippen LogP contribution in [0.1, 0.15) is 5.56 Å². The molecule has 12 heteroatoms. The van der Waals surface area contributed by atoms with Gasteiger partial charge < -0.3 is 19.7 Å². The van der Waals surface area contributed by atoms with Gasteiger partial charge in [-0.2, -0.15) is 0 Å². The van der Waals surface area contributed by atoms with Gasteiger partial charge in [-0.1, -0.05) is 22.9 Å². The van der Waals surface area contributed by atoms with Crippen molar-refractivity contribution in [1.82, 2.24) is 20.0 Å². The number of hydrogen-bond acceptors (Lipinski definition) is 8. The molecule has 0 aliphatic carbocycles. The van der Waals surface area contributed by atoms with E-state index < -0.39 is 41.7 Å². The normalized spacial score (nSPS) is 28.1. The molecule has 1 aromatic carbocycles. The molecule has 32 heavy (non-hydrogen) atoms. The van der Waals surface area contributed by atoms with E-state index in [4.69, 9.17) is 21.1 Å². The van der Waals surface area contributed by atoms with Crippen LogP contribution in [0.2, 0.25) is 5.02 Å². The minimum Gasteiger partial charge on any atom is -0.394 e. The van der Waals surface area contributed by atoms with Crippen molar-refractivity contribution >= 4 is 40.2 Å². The fraction of sp³-hybridized carbons (Fsp3) is 0.350. The summed E-state index contributed by atoms with van der Waals surface area (Å²) in [5.41, 5.74) is -0.962. The lowest BCUT2D eigenvalue weighted by molar-refractivity contribution is -0.213. The summed E-state index contributed by atoms with van der Waals surface area (Å²) in [6.45, 7) is -0.470. The largest absolute Gasteiger partial charge is 0.394 e. The van der Waals surface area contributed by atoms with Crippen molar-refractivity contribution in [2.75, 3.05) is 13.7 Å². The zero-order chi connectivity index (χ0) is 23.0. The Labute approximate surface area is 201 Å². The van der Waals surface area contributed by atoms with Crippen molar-refractivity contribution in [2.45, 2.75) is 29.3 Å². The standard InChI is InChI=1S/C20H19BrClFN4O4S/c1-30-18-19(32)31-16(9-28)17(29)20(18,11-5-12(21)7-24-6-11)27-8-15(25-26-27)10-2-3-13(22)14(23)4-10/h2-8,16-19,28-29,32H,9H2,1H3/t16-,17+,18+,19-,20+/m0/s1. The highest BCUT2D eigenvalue weighted by molar-refractivity contribution is 9.10. The summed E-state index contributed by atoms with van der Waals surface area (Å²) in [7, 11) is 1.45. The molecule has 2 N–H and O–H groups in total. The van der Waals surface area contributed by atoms with E-state index in [2.05, 4.69) is 43.9 Å². The summed E-state index contributed by atoms with van der Waals surface area (Å²) in [5, 5.41) is 29.7. The highest BCUT2D eigenvalue weighted by atomic mass is 79.9. The summed E-state index contributed by atoms with van der Waals surface area (Å²) >= 11 is 13.7. The highest BCUT2D eigenvalue weighted by Crippen LogP contribution is 2.44. The average Bonchev–Trinajstić information content (AvgIpc) is 3.27. The number of thiol groups is 1. The van der Waals surface area contributed by atoms with Gasteiger partial charge in [0.2, 0.25) is 0 Å². The lowest BCUT2D eigenvalue weighted by atomic mass is 9.76. The van der Waals surface area contributed by atoms with E-state index in [1.54, 1.807) is 30.7 Å². The van der Waals surface area contributed by atoms with E-state index in [1.807, 2.05) is 0 Å². The molecule has 0 saturated carbocycles. The van der Waals surface area contributed by atoms with Crippen LogP contribution in [0.4, 0.5) is 4.39 Å². The molecule has 170 valence electrons. The first kappa shape index (κ1) is 23.6. The van der Waals surface area contributed by atoms with Gasteiger partial charge in [-0.05, 0) is 34.1 Å². The number of aliphatic hydroxyl groups is 2. The van der Waals surface area contributed by atoms with Crippen molar-refractivity contribution < 1.29 is 24.1 Å². The Bertz CT molecular complexity index is 1120. The maximum atomic E-state index is 14.0. The number of halogens is 3. The van der Waals surface area contributed by atoms with Crippen LogP contribution in [0.25, 0.3) is 11.3 Å². The minimum atomic E-state index is -1.43. The molecule has 1 aliphatic rings. The first-order valence-corrected chi connectivity index (χ1v) is 11.2. The van der Waals surface area contributed by atoms with Gasteiger partial charge in [0.25, 0.3) is 0 Å². The number of methoxy groups -OCH3 is 1. The molecule has 2 aromatic heterocycles. The lowest BCUT2D eigenvalue weighted by Crippen LogP contribution is -2.67. The van der Waals surface area contributed by atoms with Crippen LogP contribution in [0, 0.1) is 5.82 Å². The molecule has 0 spiro atoms. The second kappa shape index (κ2) is 9.34. The minimum absolute atomic E-state index is 0.0131. The highest BCUT2D eigenvalue weighted by Gasteiger charge is 2.59. The number of benzene rings is 1. The first-order valence-electron chi connectivity index (χ1n) is 9.47. The predicted molar refractivity (Wildman–Crippen MR) is 121 cm³/mol. The molecule has 3 aromatic rings. The number of rotatable bonds is 5. The Balaban J connectivity index is 1.94. The maximum Gasteiger partial charge on any atom is 0.149 e. The fourth-order valence-corrected chi connectivity index (χ4v) is 5.02. The van der Waals surface area contributed by atoms with Crippen LogP contribution < -0.4 is 0 Å². The Morgan fingerprint density at radius 2 is 2.16 bits per heavy atom. The molecule has 3 heterocycles. The lowest BCUT2D eigenvalue weighted by Gasteiger charge is -2.51. The smallest absolute Gasteiger partial charge is 0.149 e. The Morgan fingerprint density at radius 1 is 1.38 bits per heavy atom. The van der Waals surface area contributed by atoms with E-state index in [-0.39, 0.29) is 5.02 Å². The second-order valence-electron chi connectivity index (χ2n) is 7.24. The van der Waals surface area contributed by atoms with E-state index in [1.165, 1.54) is 23.9 Å². The van der Waals surface area contributed by atoms with Crippen molar-refractivity contribution in [3.8, 4) is 11.3 Å². The number of hydrogen-bond donors (Lipinski definition) is 3. The second-order valence-corrected chi connectivity index (χ2v) is 9.08. The zero-order valence-corrected chi connectivity index (χ0v) is 19.9. The number of ether oxygens (including phenoxy) is 2. The van der Waals surface area contributed by atoms with Gasteiger partial charge in [-0.3, -0.25) is 4.98 Å². The number of nitrogens with zero attached hydrogens (tertiary/aromatic N) is 4. The van der Waals surface area contributed by atoms with Crippen LogP contribution in [0.5, 0.6) is 0 Å².